The van der Waals surface area contributed by atoms with Gasteiger partial charge in [-0.25, -0.2) is 19.5 Å². The first kappa shape index (κ1) is 28.1. The number of hydrogen-bond acceptors (Lipinski definition) is 11. The second-order valence-electron chi connectivity index (χ2n) is 9.42. The maximum absolute atomic E-state index is 13.2. The number of amides is 1. The van der Waals surface area contributed by atoms with Crippen molar-refractivity contribution < 1.29 is 37.6 Å². The number of ether oxygens (including phenoxy) is 1. The van der Waals surface area contributed by atoms with Gasteiger partial charge in [-0.15, -0.1) is 11.8 Å². The number of fused-ring (bicyclic) bond motifs is 1. The largest absolute Gasteiger partial charge is 0.393 e. The van der Waals surface area contributed by atoms with E-state index in [4.69, 9.17) is 9.88 Å². The van der Waals surface area contributed by atoms with E-state index in [1.807, 2.05) is 6.92 Å². The smallest absolute Gasteiger partial charge is 0.363 e. The Kier molecular flexibility index (Phi) is 7.92. The molecule has 2 fully saturated rings. The Bertz CT molecular complexity index is 1300. The van der Waals surface area contributed by atoms with E-state index >= 15 is 0 Å². The SMILES string of the molecule is C[C@@H](O)[C@H]1C(=O)N2C(C(=O)OC(=O)c3ccc([N+](=O)[O-])cc3)=C(S[C@@H]3CN[C@H](CNS(N)(=O)=O)C3)[C@H](C)[C@H]12. The molecule has 38 heavy (non-hydrogen) atoms. The van der Waals surface area contributed by atoms with Gasteiger partial charge in [0.05, 0.1) is 28.6 Å². The van der Waals surface area contributed by atoms with Gasteiger partial charge in [0.15, 0.2) is 0 Å². The molecule has 0 saturated carbocycles. The Labute approximate surface area is 222 Å². The number of aliphatic hydroxyl groups excluding tert-OH is 1. The molecule has 0 aromatic heterocycles. The fourth-order valence-corrected chi connectivity index (χ4v) is 6.95. The fraction of sp³-hybridized carbons (Fsp3) is 0.500. The molecule has 5 N–H and O–H groups in total. The predicted molar refractivity (Wildman–Crippen MR) is 134 cm³/mol. The van der Waals surface area contributed by atoms with Gasteiger partial charge in [0.2, 0.25) is 5.91 Å². The quantitative estimate of drug-likeness (QED) is 0.0988. The molecule has 0 unspecified atom stereocenters. The molecular weight excluding hydrogens is 542 g/mol. The van der Waals surface area contributed by atoms with Crippen molar-refractivity contribution in [3.8, 4) is 0 Å². The molecule has 0 spiro atoms. The van der Waals surface area contributed by atoms with E-state index in [9.17, 15) is 38.0 Å². The number of carbonyl (C=O) groups excluding carboxylic acids is 3. The normalized spacial score (nSPS) is 27.6. The van der Waals surface area contributed by atoms with Crippen molar-refractivity contribution in [3.63, 3.8) is 0 Å². The van der Waals surface area contributed by atoms with Gasteiger partial charge in [-0.3, -0.25) is 14.9 Å². The summed E-state index contributed by atoms with van der Waals surface area (Å²) in [5.74, 6) is -3.59. The summed E-state index contributed by atoms with van der Waals surface area (Å²) in [5, 5.41) is 29.1. The summed E-state index contributed by atoms with van der Waals surface area (Å²) in [4.78, 5) is 50.8. The first-order valence-corrected chi connectivity index (χ1v) is 14.1. The van der Waals surface area contributed by atoms with Crippen LogP contribution in [0.4, 0.5) is 5.69 Å². The first-order chi connectivity index (χ1) is 17.8. The topological polar surface area (TPSA) is 211 Å². The van der Waals surface area contributed by atoms with Crippen LogP contribution >= 0.6 is 11.8 Å². The lowest BCUT2D eigenvalue weighted by molar-refractivity contribution is -0.384. The molecule has 0 aliphatic carbocycles. The average molecular weight is 570 g/mol. The van der Waals surface area contributed by atoms with E-state index in [2.05, 4.69) is 10.0 Å². The third kappa shape index (κ3) is 5.60. The van der Waals surface area contributed by atoms with Gasteiger partial charge in [0.25, 0.3) is 15.9 Å². The number of benzene rings is 1. The number of thioether (sulfide) groups is 1. The third-order valence-electron chi connectivity index (χ3n) is 6.81. The number of rotatable bonds is 9. The second-order valence-corrected chi connectivity index (χ2v) is 12.1. The predicted octanol–water partition coefficient (Wildman–Crippen LogP) is -0.396. The average Bonchev–Trinajstić information content (AvgIpc) is 3.38. The fourth-order valence-electron chi connectivity index (χ4n) is 5.00. The van der Waals surface area contributed by atoms with Crippen LogP contribution in [0.3, 0.4) is 0 Å². The van der Waals surface area contributed by atoms with Gasteiger partial charge >= 0.3 is 11.9 Å². The van der Waals surface area contributed by atoms with Crippen LogP contribution in [-0.2, 0) is 24.5 Å². The highest BCUT2D eigenvalue weighted by atomic mass is 32.2. The molecule has 1 aromatic rings. The molecule has 1 amide bonds. The molecule has 4 rings (SSSR count). The monoisotopic (exact) mass is 569 g/mol. The molecule has 2 saturated heterocycles. The molecule has 0 bridgehead atoms. The van der Waals surface area contributed by atoms with Crippen LogP contribution in [0.5, 0.6) is 0 Å². The number of β-lactam (4-membered cyclic amide) rings is 1. The molecule has 0 radical (unpaired) electrons. The highest BCUT2D eigenvalue weighted by molar-refractivity contribution is 8.03. The van der Waals surface area contributed by atoms with Crippen LogP contribution in [0.15, 0.2) is 34.9 Å². The van der Waals surface area contributed by atoms with Crippen LogP contribution in [-0.4, -0.2) is 77.7 Å². The lowest BCUT2D eigenvalue weighted by Gasteiger charge is -2.46. The van der Waals surface area contributed by atoms with Crippen LogP contribution < -0.4 is 15.2 Å². The van der Waals surface area contributed by atoms with Gasteiger partial charge in [0.1, 0.15) is 5.70 Å². The van der Waals surface area contributed by atoms with Gasteiger partial charge in [0, 0.05) is 47.3 Å². The molecule has 14 nitrogen and oxygen atoms in total. The van der Waals surface area contributed by atoms with E-state index < -0.39 is 51.0 Å². The van der Waals surface area contributed by atoms with E-state index in [0.29, 0.717) is 17.9 Å². The Morgan fingerprint density at radius 2 is 2.00 bits per heavy atom. The van der Waals surface area contributed by atoms with Gasteiger partial charge in [-0.1, -0.05) is 6.92 Å². The zero-order valence-electron chi connectivity index (χ0n) is 20.4. The molecular formula is C22H27N5O9S2. The number of non-ortho nitro benzene ring substituents is 1. The number of nitrogens with one attached hydrogen (secondary N) is 2. The van der Waals surface area contributed by atoms with Gasteiger partial charge < -0.3 is 20.1 Å². The minimum absolute atomic E-state index is 0.0734. The summed E-state index contributed by atoms with van der Waals surface area (Å²) in [6.45, 7) is 3.89. The molecule has 16 heteroatoms. The lowest BCUT2D eigenvalue weighted by atomic mass is 9.79. The minimum atomic E-state index is -3.85. The molecule has 206 valence electrons. The van der Waals surface area contributed by atoms with Crippen molar-refractivity contribution in [1.29, 1.82) is 0 Å². The Balaban J connectivity index is 1.54. The summed E-state index contributed by atoms with van der Waals surface area (Å²) < 4.78 is 29.7. The molecule has 6 atom stereocenters. The summed E-state index contributed by atoms with van der Waals surface area (Å²) in [7, 11) is -3.85. The molecule has 3 aliphatic rings. The highest BCUT2D eigenvalue weighted by Gasteiger charge is 2.60. The minimum Gasteiger partial charge on any atom is -0.393 e. The summed E-state index contributed by atoms with van der Waals surface area (Å²) in [6.07, 6.45) is -0.414. The molecule has 3 heterocycles. The van der Waals surface area contributed by atoms with Crippen molar-refractivity contribution in [2.75, 3.05) is 13.1 Å². The Morgan fingerprint density at radius 3 is 2.58 bits per heavy atom. The lowest BCUT2D eigenvalue weighted by Crippen LogP contribution is -2.63. The first-order valence-electron chi connectivity index (χ1n) is 11.7. The third-order valence-corrected chi connectivity index (χ3v) is 8.89. The van der Waals surface area contributed by atoms with Gasteiger partial charge in [-0.2, -0.15) is 8.42 Å². The van der Waals surface area contributed by atoms with Crippen LogP contribution in [0, 0.1) is 22.0 Å². The number of nitrogens with two attached hydrogens (primary N) is 1. The van der Waals surface area contributed by atoms with Crippen molar-refractivity contribution in [2.45, 2.75) is 43.7 Å². The number of nitro groups is 1. The van der Waals surface area contributed by atoms with E-state index in [1.54, 1.807) is 0 Å². The zero-order chi connectivity index (χ0) is 27.9. The highest BCUT2D eigenvalue weighted by Crippen LogP contribution is 2.52. The zero-order valence-corrected chi connectivity index (χ0v) is 22.0. The number of nitrogens with zero attached hydrogens (tertiary/aromatic N) is 2. The maximum atomic E-state index is 13.2. The second kappa shape index (κ2) is 10.7. The van der Waals surface area contributed by atoms with Crippen molar-refractivity contribution in [1.82, 2.24) is 14.9 Å². The van der Waals surface area contributed by atoms with E-state index in [1.165, 1.54) is 23.6 Å². The molecule has 3 aliphatic heterocycles. The number of esters is 2. The number of carbonyl (C=O) groups is 3. The Morgan fingerprint density at radius 1 is 1.34 bits per heavy atom. The molecule has 1 aromatic carbocycles. The van der Waals surface area contributed by atoms with E-state index in [-0.39, 0.29) is 40.7 Å². The van der Waals surface area contributed by atoms with Gasteiger partial charge in [-0.05, 0) is 25.5 Å². The summed E-state index contributed by atoms with van der Waals surface area (Å²) in [5.41, 5.74) is -0.390. The summed E-state index contributed by atoms with van der Waals surface area (Å²) >= 11 is 1.33. The summed E-state index contributed by atoms with van der Waals surface area (Å²) in [6, 6.07) is 3.85. The van der Waals surface area contributed by atoms with Crippen molar-refractivity contribution >= 4 is 45.5 Å². The number of nitro benzene ring substituents is 1. The standard InChI is InChI=1S/C22H27N5O9S2/c1-10-17-16(11(2)28)20(29)26(17)18(19(10)37-15-7-13(24-9-15)8-25-38(23,34)35)22(31)36-21(30)12-3-5-14(6-4-12)27(32)33/h3-6,10-11,13,15-17,24-25,28H,7-9H2,1-2H3,(H2,23,34,35)/t10-,11-,13+,15+,16-,17-/m1/s1. The van der Waals surface area contributed by atoms with E-state index in [0.717, 1.165) is 24.3 Å². The van der Waals surface area contributed by atoms with Crippen molar-refractivity contribution in [3.05, 3.63) is 50.5 Å². The number of hydrogen-bond donors (Lipinski definition) is 4. The van der Waals surface area contributed by atoms with Crippen molar-refractivity contribution in [2.24, 2.45) is 17.0 Å². The van der Waals surface area contributed by atoms with Crippen LogP contribution in [0.2, 0.25) is 0 Å². The maximum Gasteiger partial charge on any atom is 0.363 e. The van der Waals surface area contributed by atoms with Crippen LogP contribution in [0.25, 0.3) is 0 Å². The van der Waals surface area contributed by atoms with Crippen LogP contribution in [0.1, 0.15) is 30.6 Å². The Hall–Kier alpha value is -2.89. The number of aliphatic hydroxyl groups is 1.